The van der Waals surface area contributed by atoms with Gasteiger partial charge in [-0.25, -0.2) is 4.99 Å². The molecule has 0 aliphatic heterocycles. The molecule has 0 aliphatic rings. The van der Waals surface area contributed by atoms with E-state index in [1.165, 1.54) is 131 Å². The van der Waals surface area contributed by atoms with Crippen LogP contribution in [-0.4, -0.2) is 11.4 Å². The standard InChI is InChI=1S/C44H68N2/c1-7-12-13-14-15-16-17-18-19-20-21-22-23-24-25-26-27-28-29-30-44(46-43-34-32-39(9-3)41(11-5)36-43)37(6)45-42-33-31-38(8-2)40(10-4)35-42/h31-36H,7-28H2,1-6H3. The number of aryl methyl sites for hydroxylation is 4. The van der Waals surface area contributed by atoms with E-state index in [4.69, 9.17) is 9.98 Å². The lowest BCUT2D eigenvalue weighted by Gasteiger charge is -2.08. The second-order valence-corrected chi connectivity index (χ2v) is 13.2. The van der Waals surface area contributed by atoms with Crippen molar-refractivity contribution >= 4 is 22.8 Å². The summed E-state index contributed by atoms with van der Waals surface area (Å²) in [5.41, 5.74) is 9.20. The molecule has 2 heteroatoms. The zero-order valence-corrected chi connectivity index (χ0v) is 30.9. The molecule has 0 amide bonds. The van der Waals surface area contributed by atoms with Crippen molar-refractivity contribution in [2.24, 2.45) is 9.98 Å². The summed E-state index contributed by atoms with van der Waals surface area (Å²) in [6.45, 7) is 13.2. The zero-order valence-electron chi connectivity index (χ0n) is 30.9. The summed E-state index contributed by atoms with van der Waals surface area (Å²) in [7, 11) is 0. The minimum absolute atomic E-state index is 0.788. The fraction of sp³-hybridized carbons (Fsp3) is 0.636. The molecule has 0 unspecified atom stereocenters. The van der Waals surface area contributed by atoms with E-state index in [-0.39, 0.29) is 0 Å². The number of hydrogen-bond donors (Lipinski definition) is 0. The lowest BCUT2D eigenvalue weighted by Crippen LogP contribution is -2.07. The van der Waals surface area contributed by atoms with Gasteiger partial charge in [-0.05, 0) is 91.5 Å². The quantitative estimate of drug-likeness (QED) is 0.0630. The number of unbranched alkanes of at least 4 members (excludes halogenated alkanes) is 17. The first-order chi connectivity index (χ1) is 22.6. The molecule has 0 atom stereocenters. The Hall–Kier alpha value is -2.66. The fourth-order valence-corrected chi connectivity index (χ4v) is 6.37. The summed E-state index contributed by atoms with van der Waals surface area (Å²) in [5, 5.41) is 0. The molecule has 2 rings (SSSR count). The third kappa shape index (κ3) is 16.3. The normalized spacial score (nSPS) is 12.0. The Labute approximate surface area is 285 Å². The maximum absolute atomic E-state index is 5.04. The van der Waals surface area contributed by atoms with Gasteiger partial charge in [-0.15, -0.1) is 0 Å². The molecular weight excluding hydrogens is 556 g/mol. The Morgan fingerprint density at radius 2 is 0.870 bits per heavy atom. The number of aliphatic imine (C=N–C) groups is 2. The molecule has 46 heavy (non-hydrogen) atoms. The predicted molar refractivity (Wildman–Crippen MR) is 207 cm³/mol. The van der Waals surface area contributed by atoms with Crippen LogP contribution in [-0.2, 0) is 25.7 Å². The molecule has 0 fully saturated rings. The van der Waals surface area contributed by atoms with Crippen LogP contribution in [0.4, 0.5) is 11.4 Å². The Morgan fingerprint density at radius 1 is 0.478 bits per heavy atom. The first-order valence-electron chi connectivity index (χ1n) is 19.4. The number of nitrogens with zero attached hydrogens (tertiary/aromatic N) is 2. The van der Waals surface area contributed by atoms with E-state index in [0.717, 1.165) is 54.9 Å². The summed E-state index contributed by atoms with van der Waals surface area (Å²) in [5.74, 6) is 6.88. The zero-order chi connectivity index (χ0) is 33.2. The van der Waals surface area contributed by atoms with E-state index in [1.807, 2.05) is 0 Å². The molecule has 0 spiro atoms. The third-order valence-corrected chi connectivity index (χ3v) is 9.40. The first kappa shape index (κ1) is 39.5. The summed E-state index contributed by atoms with van der Waals surface area (Å²) in [6.07, 6.45) is 28.8. The molecule has 0 saturated heterocycles. The number of benzene rings is 2. The van der Waals surface area contributed by atoms with Crippen LogP contribution in [0.3, 0.4) is 0 Å². The maximum atomic E-state index is 5.04. The molecule has 0 N–H and O–H groups in total. The van der Waals surface area contributed by atoms with Crippen molar-refractivity contribution in [3.05, 3.63) is 58.7 Å². The average molecular weight is 625 g/mol. The Bertz CT molecular complexity index is 1220. The van der Waals surface area contributed by atoms with Gasteiger partial charge in [0.05, 0.1) is 17.1 Å². The summed E-state index contributed by atoms with van der Waals surface area (Å²) < 4.78 is 0. The molecule has 2 aromatic carbocycles. The largest absolute Gasteiger partial charge is 0.251 e. The highest BCUT2D eigenvalue weighted by Crippen LogP contribution is 2.23. The third-order valence-electron chi connectivity index (χ3n) is 9.40. The average Bonchev–Trinajstić information content (AvgIpc) is 3.08. The van der Waals surface area contributed by atoms with Crippen molar-refractivity contribution in [1.82, 2.24) is 0 Å². The lowest BCUT2D eigenvalue weighted by atomic mass is 10.0. The number of hydrogen-bond acceptors (Lipinski definition) is 2. The monoisotopic (exact) mass is 625 g/mol. The van der Waals surface area contributed by atoms with Crippen molar-refractivity contribution in [3.63, 3.8) is 0 Å². The van der Waals surface area contributed by atoms with Gasteiger partial charge in [0.1, 0.15) is 5.71 Å². The molecule has 0 aliphatic carbocycles. The van der Waals surface area contributed by atoms with E-state index in [2.05, 4.69) is 89.8 Å². The van der Waals surface area contributed by atoms with Gasteiger partial charge in [0.25, 0.3) is 0 Å². The summed E-state index contributed by atoms with van der Waals surface area (Å²) >= 11 is 0. The fourth-order valence-electron chi connectivity index (χ4n) is 6.37. The van der Waals surface area contributed by atoms with Crippen LogP contribution in [0.15, 0.2) is 46.4 Å². The van der Waals surface area contributed by atoms with Crippen LogP contribution in [0.25, 0.3) is 0 Å². The van der Waals surface area contributed by atoms with E-state index >= 15 is 0 Å². The highest BCUT2D eigenvalue weighted by atomic mass is 14.8. The summed E-state index contributed by atoms with van der Waals surface area (Å²) in [4.78, 5) is 10.0. The summed E-state index contributed by atoms with van der Waals surface area (Å²) in [6, 6.07) is 13.2. The van der Waals surface area contributed by atoms with Crippen molar-refractivity contribution in [3.8, 4) is 11.8 Å². The molecule has 254 valence electrons. The lowest BCUT2D eigenvalue weighted by molar-refractivity contribution is 0.528. The van der Waals surface area contributed by atoms with E-state index in [1.54, 1.807) is 0 Å². The van der Waals surface area contributed by atoms with Gasteiger partial charge in [-0.1, -0.05) is 155 Å². The highest BCUT2D eigenvalue weighted by molar-refractivity contribution is 6.48. The molecule has 0 heterocycles. The molecule has 2 aromatic rings. The Kier molecular flexibility index (Phi) is 21.8. The van der Waals surface area contributed by atoms with Gasteiger partial charge in [-0.2, -0.15) is 0 Å². The first-order valence-corrected chi connectivity index (χ1v) is 19.4. The number of rotatable bonds is 24. The second-order valence-electron chi connectivity index (χ2n) is 13.2. The minimum atomic E-state index is 0.788. The highest BCUT2D eigenvalue weighted by Gasteiger charge is 2.07. The van der Waals surface area contributed by atoms with Crippen LogP contribution >= 0.6 is 0 Å². The molecular formula is C44H68N2. The van der Waals surface area contributed by atoms with Gasteiger partial charge in [-0.3, -0.25) is 4.99 Å². The Morgan fingerprint density at radius 3 is 1.28 bits per heavy atom. The van der Waals surface area contributed by atoms with E-state index < -0.39 is 0 Å². The molecule has 0 bridgehead atoms. The van der Waals surface area contributed by atoms with Gasteiger partial charge in [0, 0.05) is 6.42 Å². The molecule has 2 nitrogen and oxygen atoms in total. The molecule has 0 radical (unpaired) electrons. The van der Waals surface area contributed by atoms with Crippen LogP contribution in [0.1, 0.15) is 179 Å². The molecule has 0 aromatic heterocycles. The SMILES string of the molecule is CCCCCCCCCCCCCCCCCCCC#CC(=Nc1ccc(CC)c(CC)c1)C(C)=Nc1ccc(CC)c(CC)c1. The maximum Gasteiger partial charge on any atom is 0.135 e. The Balaban J connectivity index is 1.83. The van der Waals surface area contributed by atoms with Gasteiger partial charge in [0.15, 0.2) is 0 Å². The van der Waals surface area contributed by atoms with Crippen molar-refractivity contribution in [2.45, 2.75) is 183 Å². The van der Waals surface area contributed by atoms with Crippen LogP contribution in [0.2, 0.25) is 0 Å². The topological polar surface area (TPSA) is 24.7 Å². The van der Waals surface area contributed by atoms with Gasteiger partial charge in [0.2, 0.25) is 0 Å². The van der Waals surface area contributed by atoms with Gasteiger partial charge < -0.3 is 0 Å². The second kappa shape index (κ2) is 25.4. The van der Waals surface area contributed by atoms with E-state index in [0.29, 0.717) is 0 Å². The van der Waals surface area contributed by atoms with Crippen LogP contribution in [0, 0.1) is 11.8 Å². The van der Waals surface area contributed by atoms with Crippen molar-refractivity contribution < 1.29 is 0 Å². The van der Waals surface area contributed by atoms with Crippen LogP contribution < -0.4 is 0 Å². The smallest absolute Gasteiger partial charge is 0.135 e. The predicted octanol–water partition coefficient (Wildman–Crippen LogP) is 13.8. The molecule has 0 saturated carbocycles. The van der Waals surface area contributed by atoms with E-state index in [9.17, 15) is 0 Å². The minimum Gasteiger partial charge on any atom is -0.251 e. The van der Waals surface area contributed by atoms with Crippen molar-refractivity contribution in [1.29, 1.82) is 0 Å². The van der Waals surface area contributed by atoms with Gasteiger partial charge >= 0.3 is 0 Å². The van der Waals surface area contributed by atoms with Crippen LogP contribution in [0.5, 0.6) is 0 Å². The van der Waals surface area contributed by atoms with Crippen molar-refractivity contribution in [2.75, 3.05) is 0 Å².